The molecule has 0 N–H and O–H groups in total. The molecule has 4 aromatic heterocycles. The van der Waals surface area contributed by atoms with Crippen molar-refractivity contribution in [1.29, 1.82) is 0 Å². The molecule has 0 fully saturated rings. The Morgan fingerprint density at radius 2 is 0.633 bits per heavy atom. The first kappa shape index (κ1) is 25.5. The van der Waals surface area contributed by atoms with Crippen molar-refractivity contribution in [3.63, 3.8) is 0 Å². The second kappa shape index (κ2) is 12.3. The Balaban J connectivity index is 0.000000281. The molecule has 0 saturated heterocycles. The van der Waals surface area contributed by atoms with E-state index in [4.69, 9.17) is 0 Å². The predicted molar refractivity (Wildman–Crippen MR) is 114 cm³/mol. The third kappa shape index (κ3) is 7.40. The summed E-state index contributed by atoms with van der Waals surface area (Å²) < 4.78 is 0. The van der Waals surface area contributed by atoms with E-state index in [2.05, 4.69) is 47.6 Å². The molecule has 0 aliphatic carbocycles. The Morgan fingerprint density at radius 3 is 0.800 bits per heavy atom. The first-order valence-electron chi connectivity index (χ1n) is 9.22. The monoisotopic (exact) mass is 505 g/mol. The van der Waals surface area contributed by atoms with Crippen molar-refractivity contribution >= 4 is 0 Å². The first-order chi connectivity index (χ1) is 13.5. The Labute approximate surface area is 197 Å². The van der Waals surface area contributed by atoms with Crippen LogP contribution in [-0.4, -0.2) is 19.9 Å². The molecular weight excluding hydrogens is 481 g/mol. The van der Waals surface area contributed by atoms with Crippen LogP contribution in [0, 0.1) is 27.7 Å². The van der Waals surface area contributed by atoms with E-state index in [1.165, 1.54) is 22.3 Å². The number of aromatic nitrogens is 4. The van der Waals surface area contributed by atoms with E-state index in [0.717, 1.165) is 22.8 Å². The van der Waals surface area contributed by atoms with Crippen LogP contribution in [0.4, 0.5) is 0 Å². The van der Waals surface area contributed by atoms with E-state index in [1.54, 1.807) is 0 Å². The minimum absolute atomic E-state index is 0. The van der Waals surface area contributed by atoms with Crippen molar-refractivity contribution in [3.8, 4) is 22.8 Å². The number of pyridine rings is 4. The largest absolute Gasteiger partial charge is 3.00 e. The van der Waals surface area contributed by atoms with Crippen molar-refractivity contribution in [1.82, 2.24) is 19.9 Å². The van der Waals surface area contributed by atoms with Crippen LogP contribution in [0.5, 0.6) is 0 Å². The third-order valence-electron chi connectivity index (χ3n) is 4.19. The summed E-state index contributed by atoms with van der Waals surface area (Å²) in [4.78, 5) is 17.2. The second-order valence-corrected chi connectivity index (χ2v) is 6.87. The topological polar surface area (TPSA) is 51.6 Å². The molecule has 0 saturated carbocycles. The Bertz CT molecular complexity index is 912. The molecule has 4 rings (SSSR count). The zero-order valence-corrected chi connectivity index (χ0v) is 19.9. The summed E-state index contributed by atoms with van der Waals surface area (Å²) in [5.41, 5.74) is 8.58. The smallest absolute Gasteiger partial charge is 1.00 e. The van der Waals surface area contributed by atoms with E-state index >= 15 is 0 Å². The quantitative estimate of drug-likeness (QED) is 0.394. The van der Waals surface area contributed by atoms with E-state index in [0.29, 0.717) is 0 Å². The zero-order valence-electron chi connectivity index (χ0n) is 17.4. The van der Waals surface area contributed by atoms with Gasteiger partial charge in [0.25, 0.3) is 0 Å². The van der Waals surface area contributed by atoms with Gasteiger partial charge in [-0.05, 0) is 98.5 Å². The Morgan fingerprint density at radius 1 is 0.433 bits per heavy atom. The molecule has 0 bridgehead atoms. The van der Waals surface area contributed by atoms with Crippen LogP contribution in [0.15, 0.2) is 73.3 Å². The molecule has 153 valence electrons. The first-order valence-corrected chi connectivity index (χ1v) is 9.22. The van der Waals surface area contributed by atoms with Gasteiger partial charge >= 0.3 is 19.5 Å². The minimum Gasteiger partial charge on any atom is -1.00 e. The maximum Gasteiger partial charge on any atom is 3.00 e. The van der Waals surface area contributed by atoms with Crippen molar-refractivity contribution in [2.45, 2.75) is 27.7 Å². The summed E-state index contributed by atoms with van der Waals surface area (Å²) in [5.74, 6) is 0. The van der Waals surface area contributed by atoms with Gasteiger partial charge in [-0.25, -0.2) is 0 Å². The minimum atomic E-state index is 0. The maximum atomic E-state index is 4.29. The number of nitrogens with zero attached hydrogens (tertiary/aromatic N) is 4. The van der Waals surface area contributed by atoms with E-state index in [1.807, 2.05) is 73.3 Å². The van der Waals surface area contributed by atoms with Crippen LogP contribution < -0.4 is 12.4 Å². The van der Waals surface area contributed by atoms with Crippen molar-refractivity contribution in [2.75, 3.05) is 0 Å². The third-order valence-corrected chi connectivity index (χ3v) is 4.19. The maximum absolute atomic E-state index is 4.29. The van der Waals surface area contributed by atoms with Gasteiger partial charge in [0.1, 0.15) is 0 Å². The van der Waals surface area contributed by atoms with Crippen LogP contribution >= 0.6 is 0 Å². The summed E-state index contributed by atoms with van der Waals surface area (Å²) >= 11 is 0. The molecule has 0 unspecified atom stereocenters. The molecule has 30 heavy (non-hydrogen) atoms. The van der Waals surface area contributed by atoms with Gasteiger partial charge in [-0.15, -0.1) is 0 Å². The summed E-state index contributed by atoms with van der Waals surface area (Å²) in [6.45, 7) is 8.23. The fourth-order valence-electron chi connectivity index (χ4n) is 2.70. The number of hydrogen-bond donors (Lipinski definition) is 0. The van der Waals surface area contributed by atoms with Crippen LogP contribution in [0.25, 0.3) is 22.8 Å². The number of halogens is 1. The summed E-state index contributed by atoms with van der Waals surface area (Å²) in [6.07, 6.45) is 7.26. The van der Waals surface area contributed by atoms with Gasteiger partial charge < -0.3 is 12.4 Å². The summed E-state index contributed by atoms with van der Waals surface area (Å²) in [5, 5.41) is 0. The Hall–Kier alpha value is -2.49. The van der Waals surface area contributed by atoms with E-state index in [9.17, 15) is 0 Å². The molecule has 4 aromatic rings. The van der Waals surface area contributed by atoms with E-state index in [-0.39, 0.29) is 31.9 Å². The van der Waals surface area contributed by atoms with Gasteiger partial charge in [-0.1, -0.05) is 0 Å². The fourth-order valence-corrected chi connectivity index (χ4v) is 2.70. The van der Waals surface area contributed by atoms with Crippen molar-refractivity contribution in [2.24, 2.45) is 0 Å². The molecule has 0 aliphatic rings. The van der Waals surface area contributed by atoms with Gasteiger partial charge in [-0.3, -0.25) is 19.9 Å². The normalized spacial score (nSPS) is 9.47. The number of rotatable bonds is 2. The second-order valence-electron chi connectivity index (χ2n) is 6.87. The molecule has 4 heterocycles. The molecule has 0 aromatic carbocycles. The molecule has 6 heteroatoms. The van der Waals surface area contributed by atoms with Crippen LogP contribution in [0.2, 0.25) is 0 Å². The zero-order chi connectivity index (χ0) is 19.9. The number of hydrogen-bond acceptors (Lipinski definition) is 4. The molecule has 0 atom stereocenters. The summed E-state index contributed by atoms with van der Waals surface area (Å²) in [6, 6.07) is 16.1. The van der Waals surface area contributed by atoms with E-state index < -0.39 is 0 Å². The average molecular weight is 505 g/mol. The SMILES string of the molecule is Cc1ccnc(-c2cc(C)ccn2)c1.Cc1ccnc(-c2cc(C)ccn2)c1.[Cl-].[Ru+3]. The molecule has 0 spiro atoms. The Kier molecular flexibility index (Phi) is 10.4. The van der Waals surface area contributed by atoms with Crippen LogP contribution in [0.3, 0.4) is 0 Å². The van der Waals surface area contributed by atoms with Gasteiger partial charge in [0.2, 0.25) is 0 Å². The standard InChI is InChI=1S/2C12H12N2.ClH.Ru/c2*1-9-3-5-13-11(7-9)12-8-10(2)4-6-14-12;;/h2*3-8H,1-2H3;1H;/q;;;+3/p-1. The molecule has 1 radical (unpaired) electrons. The number of aryl methyl sites for hydroxylation is 4. The molecule has 0 amide bonds. The molecule has 4 nitrogen and oxygen atoms in total. The van der Waals surface area contributed by atoms with Gasteiger partial charge in [0.15, 0.2) is 0 Å². The van der Waals surface area contributed by atoms with Gasteiger partial charge in [0.05, 0.1) is 22.8 Å². The fraction of sp³-hybridized carbons (Fsp3) is 0.167. The summed E-state index contributed by atoms with van der Waals surface area (Å²) in [7, 11) is 0. The van der Waals surface area contributed by atoms with Crippen molar-refractivity contribution < 1.29 is 31.9 Å². The van der Waals surface area contributed by atoms with Crippen molar-refractivity contribution in [3.05, 3.63) is 95.6 Å². The van der Waals surface area contributed by atoms with Crippen LogP contribution in [-0.2, 0) is 19.5 Å². The molecular formula is C24H24ClN4Ru+2. The average Bonchev–Trinajstić information content (AvgIpc) is 2.69. The molecule has 0 aliphatic heterocycles. The van der Waals surface area contributed by atoms with Gasteiger partial charge in [-0.2, -0.15) is 0 Å². The van der Waals surface area contributed by atoms with Gasteiger partial charge in [0, 0.05) is 24.8 Å². The van der Waals surface area contributed by atoms with Crippen LogP contribution in [0.1, 0.15) is 22.3 Å². The predicted octanol–water partition coefficient (Wildman–Crippen LogP) is 2.52.